The smallest absolute Gasteiger partial charge is 0.144 e. The number of aromatic nitrogens is 1. The number of anilines is 1. The Morgan fingerprint density at radius 2 is 2.33 bits per heavy atom. The molecule has 0 aliphatic rings. The van der Waals surface area contributed by atoms with Crippen molar-refractivity contribution < 1.29 is 0 Å². The zero-order valence-corrected chi connectivity index (χ0v) is 7.21. The second kappa shape index (κ2) is 2.55. The number of halogens is 1. The van der Waals surface area contributed by atoms with Crippen molar-refractivity contribution in [2.45, 2.75) is 0 Å². The molecule has 1 aromatic rings. The van der Waals surface area contributed by atoms with E-state index in [1.54, 1.807) is 6.20 Å². The van der Waals surface area contributed by atoms with Gasteiger partial charge in [0.15, 0.2) is 0 Å². The minimum Gasteiger partial charge on any atom is -0.384 e. The first-order chi connectivity index (χ1) is 4.20. The Bertz CT molecular complexity index is 226. The highest BCUT2D eigenvalue weighted by Crippen LogP contribution is 2.00. The SMILES string of the molecule is Bc1cc(I)cnc1N. The topological polar surface area (TPSA) is 38.9 Å². The lowest BCUT2D eigenvalue weighted by molar-refractivity contribution is 1.34. The molecule has 1 heterocycles. The van der Waals surface area contributed by atoms with E-state index < -0.39 is 0 Å². The van der Waals surface area contributed by atoms with E-state index in [2.05, 4.69) is 27.6 Å². The van der Waals surface area contributed by atoms with E-state index in [0.717, 1.165) is 9.03 Å². The van der Waals surface area contributed by atoms with Gasteiger partial charge in [-0.05, 0) is 28.1 Å². The average Bonchev–Trinajstić information content (AvgIpc) is 1.80. The molecule has 46 valence electrons. The normalized spacial score (nSPS) is 9.44. The number of pyridine rings is 1. The Balaban J connectivity index is 3.17. The highest BCUT2D eigenvalue weighted by Gasteiger charge is 1.92. The molecule has 0 saturated heterocycles. The number of nitrogens with two attached hydrogens (primary N) is 1. The summed E-state index contributed by atoms with van der Waals surface area (Å²) in [5.74, 6) is 0.621. The quantitative estimate of drug-likeness (QED) is 0.484. The zero-order valence-electron chi connectivity index (χ0n) is 5.06. The summed E-state index contributed by atoms with van der Waals surface area (Å²) in [6, 6.07) is 2.00. The van der Waals surface area contributed by atoms with Crippen LogP contribution in [0.3, 0.4) is 0 Å². The summed E-state index contributed by atoms with van der Waals surface area (Å²) in [4.78, 5) is 3.95. The van der Waals surface area contributed by atoms with Crippen molar-refractivity contribution in [3.05, 3.63) is 15.8 Å². The van der Waals surface area contributed by atoms with Crippen LogP contribution in [-0.4, -0.2) is 12.8 Å². The summed E-state index contributed by atoms with van der Waals surface area (Å²) in [7, 11) is 1.95. The van der Waals surface area contributed by atoms with Gasteiger partial charge in [-0.25, -0.2) is 4.98 Å². The number of nitrogens with zero attached hydrogens (tertiary/aromatic N) is 1. The standard InChI is InChI=1S/C5H6BIN2/c6-4-1-3(7)2-9-5(4)8/h1-2H,6H2,(H2,8,9). The average molecular weight is 232 g/mol. The van der Waals surface area contributed by atoms with Gasteiger partial charge in [0.1, 0.15) is 13.7 Å². The molecule has 0 atom stereocenters. The fourth-order valence-electron chi connectivity index (χ4n) is 0.551. The van der Waals surface area contributed by atoms with Gasteiger partial charge in [0.2, 0.25) is 0 Å². The Morgan fingerprint density at radius 3 is 2.78 bits per heavy atom. The lowest BCUT2D eigenvalue weighted by atomic mass is 9.98. The molecule has 0 bridgehead atoms. The molecule has 1 aromatic heterocycles. The van der Waals surface area contributed by atoms with Crippen molar-refractivity contribution in [1.29, 1.82) is 0 Å². The first-order valence-corrected chi connectivity index (χ1v) is 3.65. The lowest BCUT2D eigenvalue weighted by Crippen LogP contribution is -2.11. The van der Waals surface area contributed by atoms with Gasteiger partial charge in [0.05, 0.1) is 0 Å². The molecule has 0 aliphatic carbocycles. The fraction of sp³-hybridized carbons (Fsp3) is 0. The van der Waals surface area contributed by atoms with E-state index in [1.807, 2.05) is 13.9 Å². The predicted octanol–water partition coefficient (Wildman–Crippen LogP) is -0.473. The molecule has 2 N–H and O–H groups in total. The Labute approximate surface area is 68.4 Å². The van der Waals surface area contributed by atoms with Gasteiger partial charge in [-0.15, -0.1) is 0 Å². The molecular weight excluding hydrogens is 226 g/mol. The van der Waals surface area contributed by atoms with Crippen molar-refractivity contribution in [3.63, 3.8) is 0 Å². The maximum atomic E-state index is 5.47. The van der Waals surface area contributed by atoms with Crippen molar-refractivity contribution in [2.24, 2.45) is 0 Å². The summed E-state index contributed by atoms with van der Waals surface area (Å²) in [6.07, 6.45) is 1.75. The van der Waals surface area contributed by atoms with Crippen LogP contribution >= 0.6 is 22.6 Å². The van der Waals surface area contributed by atoms with E-state index in [1.165, 1.54) is 0 Å². The van der Waals surface area contributed by atoms with E-state index in [0.29, 0.717) is 5.82 Å². The number of nitrogen functional groups attached to an aromatic ring is 1. The first kappa shape index (κ1) is 6.86. The van der Waals surface area contributed by atoms with E-state index in [9.17, 15) is 0 Å². The van der Waals surface area contributed by atoms with Crippen LogP contribution in [0.25, 0.3) is 0 Å². The summed E-state index contributed by atoms with van der Waals surface area (Å²) < 4.78 is 1.12. The molecule has 9 heavy (non-hydrogen) atoms. The molecule has 0 amide bonds. The highest BCUT2D eigenvalue weighted by molar-refractivity contribution is 14.1. The zero-order chi connectivity index (χ0) is 6.85. The lowest BCUT2D eigenvalue weighted by Gasteiger charge is -1.96. The van der Waals surface area contributed by atoms with Crippen LogP contribution < -0.4 is 11.2 Å². The molecule has 0 unspecified atom stereocenters. The highest BCUT2D eigenvalue weighted by atomic mass is 127. The van der Waals surface area contributed by atoms with Crippen LogP contribution in [0.2, 0.25) is 0 Å². The molecule has 0 spiro atoms. The van der Waals surface area contributed by atoms with E-state index in [4.69, 9.17) is 5.73 Å². The monoisotopic (exact) mass is 232 g/mol. The van der Waals surface area contributed by atoms with Crippen LogP contribution in [0.4, 0.5) is 5.82 Å². The Hall–Kier alpha value is -0.255. The third-order valence-corrected chi connectivity index (χ3v) is 1.68. The van der Waals surface area contributed by atoms with E-state index in [-0.39, 0.29) is 0 Å². The molecule has 0 fully saturated rings. The van der Waals surface area contributed by atoms with Crippen LogP contribution in [0.5, 0.6) is 0 Å². The van der Waals surface area contributed by atoms with Gasteiger partial charge in [-0.1, -0.05) is 6.07 Å². The third-order valence-electron chi connectivity index (χ3n) is 1.09. The largest absolute Gasteiger partial charge is 0.384 e. The molecule has 2 nitrogen and oxygen atoms in total. The first-order valence-electron chi connectivity index (χ1n) is 2.58. The van der Waals surface area contributed by atoms with Gasteiger partial charge in [0, 0.05) is 9.77 Å². The molecular formula is C5H6BIN2. The molecule has 0 radical (unpaired) electrons. The molecule has 0 saturated carbocycles. The van der Waals surface area contributed by atoms with Gasteiger partial charge >= 0.3 is 0 Å². The minimum atomic E-state index is 0.621. The maximum absolute atomic E-state index is 5.47. The van der Waals surface area contributed by atoms with Crippen molar-refractivity contribution in [3.8, 4) is 0 Å². The molecule has 1 rings (SSSR count). The van der Waals surface area contributed by atoms with Gasteiger partial charge < -0.3 is 5.73 Å². The van der Waals surface area contributed by atoms with Crippen molar-refractivity contribution >= 4 is 41.7 Å². The summed E-state index contributed by atoms with van der Waals surface area (Å²) >= 11 is 2.20. The maximum Gasteiger partial charge on any atom is 0.144 e. The Morgan fingerprint density at radius 1 is 1.67 bits per heavy atom. The predicted molar refractivity (Wildman–Crippen MR) is 49.5 cm³/mol. The van der Waals surface area contributed by atoms with Gasteiger partial charge in [-0.3, -0.25) is 0 Å². The molecule has 0 aliphatic heterocycles. The second-order valence-corrected chi connectivity index (χ2v) is 3.10. The van der Waals surface area contributed by atoms with Crippen molar-refractivity contribution in [2.75, 3.05) is 5.73 Å². The number of hydrogen-bond acceptors (Lipinski definition) is 2. The molecule has 0 aromatic carbocycles. The van der Waals surface area contributed by atoms with Crippen LogP contribution in [-0.2, 0) is 0 Å². The van der Waals surface area contributed by atoms with Crippen LogP contribution in [0, 0.1) is 3.57 Å². The second-order valence-electron chi connectivity index (χ2n) is 1.86. The van der Waals surface area contributed by atoms with Gasteiger partial charge in [0.25, 0.3) is 0 Å². The molecule has 4 heteroatoms. The minimum absolute atomic E-state index is 0.621. The number of rotatable bonds is 0. The van der Waals surface area contributed by atoms with E-state index >= 15 is 0 Å². The van der Waals surface area contributed by atoms with Crippen molar-refractivity contribution in [1.82, 2.24) is 4.98 Å². The summed E-state index contributed by atoms with van der Waals surface area (Å²) in [5, 5.41) is 0. The Kier molecular flexibility index (Phi) is 1.95. The number of hydrogen-bond donors (Lipinski definition) is 1. The summed E-state index contributed by atoms with van der Waals surface area (Å²) in [6.45, 7) is 0. The van der Waals surface area contributed by atoms with Crippen LogP contribution in [0.1, 0.15) is 0 Å². The summed E-state index contributed by atoms with van der Waals surface area (Å²) in [5.41, 5.74) is 6.52. The van der Waals surface area contributed by atoms with Crippen LogP contribution in [0.15, 0.2) is 12.3 Å². The van der Waals surface area contributed by atoms with Gasteiger partial charge in [-0.2, -0.15) is 0 Å². The third kappa shape index (κ3) is 1.57. The fourth-order valence-corrected chi connectivity index (χ4v) is 1.16.